The second-order valence-electron chi connectivity index (χ2n) is 6.66. The van der Waals surface area contributed by atoms with Gasteiger partial charge in [-0.15, -0.1) is 0 Å². The second kappa shape index (κ2) is 8.47. The summed E-state index contributed by atoms with van der Waals surface area (Å²) >= 11 is 0. The predicted octanol–water partition coefficient (Wildman–Crippen LogP) is 3.68. The zero-order valence-electron chi connectivity index (χ0n) is 16.2. The van der Waals surface area contributed by atoms with Gasteiger partial charge in [-0.25, -0.2) is 0 Å². The zero-order valence-corrected chi connectivity index (χ0v) is 18.9. The molecule has 0 radical (unpaired) electrons. The monoisotopic (exact) mass is 468 g/mol. The van der Waals surface area contributed by atoms with Gasteiger partial charge in [-0.3, -0.25) is 0 Å². The van der Waals surface area contributed by atoms with Crippen LogP contribution in [0, 0.1) is 0 Å². The van der Waals surface area contributed by atoms with Crippen LogP contribution in [0.3, 0.4) is 0 Å². The Hall–Kier alpha value is -1.65. The maximum atomic E-state index is 13.0. The molecule has 0 amide bonds. The first-order valence-electron chi connectivity index (χ1n) is 9.12. The summed E-state index contributed by atoms with van der Waals surface area (Å²) in [5.74, 6) is 0. The summed E-state index contributed by atoms with van der Waals surface area (Å²) in [6.07, 6.45) is 0.249. The van der Waals surface area contributed by atoms with Crippen LogP contribution >= 0.6 is 22.5 Å². The van der Waals surface area contributed by atoms with Crippen molar-refractivity contribution >= 4 is 38.4 Å². The van der Waals surface area contributed by atoms with Gasteiger partial charge in [-0.1, -0.05) is 0 Å². The Balaban J connectivity index is 2.46. The molecular formula is C20H23O7P3. The molecule has 160 valence electrons. The van der Waals surface area contributed by atoms with Crippen LogP contribution in [0.2, 0.25) is 0 Å². The fraction of sp³-hybridized carbons (Fsp3) is 0.100. The van der Waals surface area contributed by atoms with Crippen LogP contribution in [-0.4, -0.2) is 20.8 Å². The first kappa shape index (κ1) is 23.0. The summed E-state index contributed by atoms with van der Waals surface area (Å²) < 4.78 is 34.7. The third-order valence-electron chi connectivity index (χ3n) is 5.00. The average molecular weight is 468 g/mol. The first-order valence-corrected chi connectivity index (χ1v) is 14.5. The van der Waals surface area contributed by atoms with Gasteiger partial charge < -0.3 is 0 Å². The molecule has 0 saturated carbocycles. The van der Waals surface area contributed by atoms with Crippen molar-refractivity contribution in [3.05, 3.63) is 91.0 Å². The van der Waals surface area contributed by atoms with Gasteiger partial charge >= 0.3 is 175 Å². The number of hydrogen-bond donors (Lipinski definition) is 3. The van der Waals surface area contributed by atoms with E-state index in [1.54, 1.807) is 72.8 Å². The summed E-state index contributed by atoms with van der Waals surface area (Å²) in [6.45, 7) is -2.36. The minimum absolute atomic E-state index is 0.249. The first-order chi connectivity index (χ1) is 14.1. The topological polar surface area (TPSA) is 113 Å². The molecule has 0 heterocycles. The third kappa shape index (κ3) is 4.22. The van der Waals surface area contributed by atoms with Crippen molar-refractivity contribution in [2.75, 3.05) is 6.16 Å². The van der Waals surface area contributed by atoms with Crippen molar-refractivity contribution in [2.45, 2.75) is 6.92 Å². The van der Waals surface area contributed by atoms with Crippen LogP contribution in [0.5, 0.6) is 0 Å². The van der Waals surface area contributed by atoms with Gasteiger partial charge in [0.25, 0.3) is 0 Å². The fourth-order valence-electron chi connectivity index (χ4n) is 3.80. The third-order valence-corrected chi connectivity index (χ3v) is 14.3. The van der Waals surface area contributed by atoms with E-state index >= 15 is 0 Å². The van der Waals surface area contributed by atoms with E-state index < -0.39 is 22.5 Å². The fourth-order valence-corrected chi connectivity index (χ4v) is 13.1. The molecule has 3 N–H and O–H groups in total. The molecule has 0 spiro atoms. The van der Waals surface area contributed by atoms with Gasteiger partial charge in [-0.2, -0.15) is 0 Å². The van der Waals surface area contributed by atoms with Crippen molar-refractivity contribution in [3.8, 4) is 0 Å². The van der Waals surface area contributed by atoms with E-state index in [0.29, 0.717) is 15.9 Å². The molecule has 1 unspecified atom stereocenters. The van der Waals surface area contributed by atoms with Gasteiger partial charge in [0.15, 0.2) is 0 Å². The van der Waals surface area contributed by atoms with E-state index in [4.69, 9.17) is 4.31 Å². The molecule has 3 aromatic rings. The van der Waals surface area contributed by atoms with E-state index in [2.05, 4.69) is 4.31 Å². The molecular weight excluding hydrogens is 445 g/mol. The van der Waals surface area contributed by atoms with Crippen molar-refractivity contribution in [1.29, 1.82) is 0 Å². The quantitative estimate of drug-likeness (QED) is 0.433. The molecule has 10 heteroatoms. The molecule has 3 rings (SSSR count). The zero-order chi connectivity index (χ0) is 21.9. The second-order valence-corrected chi connectivity index (χ2v) is 14.5. The Kier molecular flexibility index (Phi) is 6.50. The van der Waals surface area contributed by atoms with Crippen molar-refractivity contribution in [1.82, 2.24) is 0 Å². The van der Waals surface area contributed by atoms with Crippen molar-refractivity contribution in [3.63, 3.8) is 0 Å². The van der Waals surface area contributed by atoms with E-state index in [9.17, 15) is 23.8 Å². The van der Waals surface area contributed by atoms with Crippen LogP contribution in [0.15, 0.2) is 91.0 Å². The molecule has 0 saturated heterocycles. The Bertz CT molecular complexity index is 986. The summed E-state index contributed by atoms with van der Waals surface area (Å²) in [7, 11) is -10.5. The average Bonchev–Trinajstić information content (AvgIpc) is 2.72. The summed E-state index contributed by atoms with van der Waals surface area (Å²) in [5.41, 5.74) is 0. The van der Waals surface area contributed by atoms with Crippen LogP contribution in [-0.2, 0) is 17.8 Å². The molecule has 0 fully saturated rings. The Labute approximate surface area is 175 Å². The summed E-state index contributed by atoms with van der Waals surface area (Å²) in [5, 5.41) is 1.89. The van der Waals surface area contributed by atoms with E-state index in [1.165, 1.54) is 0 Å². The molecule has 0 aromatic heterocycles. The van der Waals surface area contributed by atoms with Gasteiger partial charge in [0.05, 0.1) is 0 Å². The standard InChI is InChI=1S/C20H23O7P3/c1-2-30(18-12-6-3-7-13-18,19-14-8-4-9-15-19,20-16-10-5-11-17-20)27-29(24,25)26-28(21,22)23/h3-17H,2H2,1H3,(H,24,25)(H2,21,22,23). The van der Waals surface area contributed by atoms with Crippen molar-refractivity contribution in [2.24, 2.45) is 0 Å². The maximum absolute atomic E-state index is 13.0. The number of rotatable bonds is 8. The van der Waals surface area contributed by atoms with E-state index in [1.807, 2.05) is 25.1 Å². The van der Waals surface area contributed by atoms with Crippen LogP contribution in [0.1, 0.15) is 6.92 Å². The molecule has 0 bridgehead atoms. The van der Waals surface area contributed by atoms with Crippen LogP contribution in [0.25, 0.3) is 0 Å². The summed E-state index contributed by atoms with van der Waals surface area (Å²) in [4.78, 5) is 28.9. The molecule has 1 atom stereocenters. The molecule has 3 aromatic carbocycles. The minimum atomic E-state index is -5.31. The Morgan fingerprint density at radius 1 is 0.700 bits per heavy atom. The van der Waals surface area contributed by atoms with E-state index in [-0.39, 0.29) is 6.16 Å². The predicted molar refractivity (Wildman–Crippen MR) is 120 cm³/mol. The molecule has 30 heavy (non-hydrogen) atoms. The number of phosphoric acid groups is 2. The molecule has 7 nitrogen and oxygen atoms in total. The number of hydrogen-bond acceptors (Lipinski definition) is 4. The normalized spacial score (nSPS) is 15.7. The Morgan fingerprint density at radius 2 is 1.03 bits per heavy atom. The molecule has 0 aliphatic carbocycles. The van der Waals surface area contributed by atoms with Crippen LogP contribution in [0.4, 0.5) is 0 Å². The van der Waals surface area contributed by atoms with Gasteiger partial charge in [-0.05, 0) is 0 Å². The van der Waals surface area contributed by atoms with E-state index in [0.717, 1.165) is 0 Å². The SMILES string of the molecule is CCP(OP(=O)(O)OP(=O)(O)O)(c1ccccc1)(c1ccccc1)c1ccccc1. The number of benzene rings is 3. The molecule has 0 aliphatic heterocycles. The Morgan fingerprint density at radius 3 is 1.30 bits per heavy atom. The molecule has 0 aliphatic rings. The van der Waals surface area contributed by atoms with Crippen molar-refractivity contribution < 1.29 is 32.4 Å². The van der Waals surface area contributed by atoms with Gasteiger partial charge in [0, 0.05) is 0 Å². The van der Waals surface area contributed by atoms with Crippen LogP contribution < -0.4 is 15.9 Å². The van der Waals surface area contributed by atoms with Gasteiger partial charge in [0.1, 0.15) is 0 Å². The summed E-state index contributed by atoms with van der Waals surface area (Å²) in [6, 6.07) is 26.9. The van der Waals surface area contributed by atoms with Gasteiger partial charge in [0.2, 0.25) is 0 Å².